The normalized spacial score (nSPS) is 37.9. The van der Waals surface area contributed by atoms with Crippen LogP contribution in [0, 0.1) is 5.92 Å². The van der Waals surface area contributed by atoms with Crippen molar-refractivity contribution in [1.82, 2.24) is 0 Å². The zero-order valence-corrected chi connectivity index (χ0v) is 12.2. The molecule has 4 heteroatoms. The van der Waals surface area contributed by atoms with E-state index in [0.29, 0.717) is 5.92 Å². The second kappa shape index (κ2) is 4.72. The van der Waals surface area contributed by atoms with Crippen LogP contribution in [-0.2, 0) is 9.47 Å². The van der Waals surface area contributed by atoms with Gasteiger partial charge in [0.25, 0.3) is 0 Å². The van der Waals surface area contributed by atoms with Crippen molar-refractivity contribution in [2.75, 3.05) is 18.1 Å². The van der Waals surface area contributed by atoms with E-state index in [1.807, 2.05) is 11.8 Å². The van der Waals surface area contributed by atoms with Gasteiger partial charge in [0.15, 0.2) is 0 Å². The molecule has 17 heavy (non-hydrogen) atoms. The largest absolute Gasteiger partial charge is 0.375 e. The molecule has 0 aromatic carbocycles. The van der Waals surface area contributed by atoms with Crippen LogP contribution in [0.4, 0.5) is 0 Å². The molecule has 0 aromatic rings. The number of thioether (sulfide) groups is 1. The quantitative estimate of drug-likeness (QED) is 0.824. The highest BCUT2D eigenvalue weighted by molar-refractivity contribution is 7.99. The third-order valence-electron chi connectivity index (χ3n) is 3.88. The van der Waals surface area contributed by atoms with Gasteiger partial charge in [0.2, 0.25) is 0 Å². The fraction of sp³-hybridized carbons (Fsp3) is 1.00. The first kappa shape index (κ1) is 13.7. The molecule has 2 aliphatic heterocycles. The van der Waals surface area contributed by atoms with Gasteiger partial charge in [-0.1, -0.05) is 0 Å². The average molecular weight is 259 g/mol. The molecule has 0 bridgehead atoms. The monoisotopic (exact) mass is 259 g/mol. The summed E-state index contributed by atoms with van der Waals surface area (Å²) in [6.07, 6.45) is 1.21. The summed E-state index contributed by atoms with van der Waals surface area (Å²) in [6, 6.07) is 0.0829. The van der Waals surface area contributed by atoms with Crippen molar-refractivity contribution in [3.8, 4) is 0 Å². The molecule has 2 heterocycles. The number of ether oxygens (including phenoxy) is 2. The van der Waals surface area contributed by atoms with Crippen LogP contribution in [0.2, 0.25) is 0 Å². The highest BCUT2D eigenvalue weighted by Crippen LogP contribution is 2.44. The Bertz CT molecular complexity index is 275. The first-order valence-electron chi connectivity index (χ1n) is 6.47. The lowest BCUT2D eigenvalue weighted by Crippen LogP contribution is -2.51. The summed E-state index contributed by atoms with van der Waals surface area (Å²) in [7, 11) is 0. The molecule has 0 aliphatic carbocycles. The molecule has 2 rings (SSSR count). The van der Waals surface area contributed by atoms with Crippen molar-refractivity contribution in [2.45, 2.75) is 57.5 Å². The molecule has 100 valence electrons. The number of rotatable bonds is 2. The van der Waals surface area contributed by atoms with Gasteiger partial charge in [-0.05, 0) is 34.1 Å². The van der Waals surface area contributed by atoms with E-state index in [-0.39, 0.29) is 23.3 Å². The van der Waals surface area contributed by atoms with Crippen molar-refractivity contribution < 1.29 is 9.47 Å². The van der Waals surface area contributed by atoms with Gasteiger partial charge in [-0.3, -0.25) is 0 Å². The maximum absolute atomic E-state index is 6.43. The Morgan fingerprint density at radius 2 is 2.00 bits per heavy atom. The minimum atomic E-state index is -0.144. The summed E-state index contributed by atoms with van der Waals surface area (Å²) in [5.74, 6) is 2.49. The Kier molecular flexibility index (Phi) is 3.79. The lowest BCUT2D eigenvalue weighted by atomic mass is 9.80. The molecule has 2 fully saturated rings. The van der Waals surface area contributed by atoms with Crippen LogP contribution in [-0.4, -0.2) is 41.5 Å². The Balaban J connectivity index is 2.05. The van der Waals surface area contributed by atoms with Crippen molar-refractivity contribution in [3.05, 3.63) is 0 Å². The van der Waals surface area contributed by atoms with Gasteiger partial charge in [0.05, 0.1) is 23.9 Å². The summed E-state index contributed by atoms with van der Waals surface area (Å²) in [6.45, 7) is 9.45. The SMILES string of the molecule is CC1(C)CC(C(N)C2CSCCO2)C(C)(C)O1. The first-order valence-corrected chi connectivity index (χ1v) is 7.62. The molecular formula is C13H25NO2S. The van der Waals surface area contributed by atoms with Gasteiger partial charge in [-0.15, -0.1) is 0 Å². The fourth-order valence-corrected chi connectivity index (χ4v) is 4.12. The maximum Gasteiger partial charge on any atom is 0.0820 e. The molecule has 2 saturated heterocycles. The van der Waals surface area contributed by atoms with Crippen LogP contribution in [0.5, 0.6) is 0 Å². The minimum Gasteiger partial charge on any atom is -0.375 e. The second-order valence-electron chi connectivity index (χ2n) is 6.34. The summed E-state index contributed by atoms with van der Waals surface area (Å²) in [4.78, 5) is 0. The predicted molar refractivity (Wildman–Crippen MR) is 72.4 cm³/mol. The van der Waals surface area contributed by atoms with Gasteiger partial charge in [-0.25, -0.2) is 0 Å². The lowest BCUT2D eigenvalue weighted by molar-refractivity contribution is -0.0823. The maximum atomic E-state index is 6.43. The van der Waals surface area contributed by atoms with E-state index in [4.69, 9.17) is 15.2 Å². The van der Waals surface area contributed by atoms with E-state index in [0.717, 1.165) is 24.5 Å². The zero-order chi connectivity index (χ0) is 12.7. The van der Waals surface area contributed by atoms with Gasteiger partial charge in [0.1, 0.15) is 0 Å². The van der Waals surface area contributed by atoms with Crippen LogP contribution in [0.25, 0.3) is 0 Å². The summed E-state index contributed by atoms with van der Waals surface area (Å²) in [5, 5.41) is 0. The van der Waals surface area contributed by atoms with Gasteiger partial charge >= 0.3 is 0 Å². The number of hydrogen-bond donors (Lipinski definition) is 1. The van der Waals surface area contributed by atoms with E-state index >= 15 is 0 Å². The Hall–Kier alpha value is 0.230. The van der Waals surface area contributed by atoms with E-state index in [2.05, 4.69) is 27.7 Å². The summed E-state index contributed by atoms with van der Waals surface area (Å²) in [5.41, 5.74) is 6.23. The second-order valence-corrected chi connectivity index (χ2v) is 7.49. The molecular weight excluding hydrogens is 234 g/mol. The van der Waals surface area contributed by atoms with Crippen LogP contribution in [0.15, 0.2) is 0 Å². The third-order valence-corrected chi connectivity index (χ3v) is 4.90. The van der Waals surface area contributed by atoms with Crippen molar-refractivity contribution in [1.29, 1.82) is 0 Å². The van der Waals surface area contributed by atoms with E-state index < -0.39 is 0 Å². The Morgan fingerprint density at radius 1 is 1.29 bits per heavy atom. The minimum absolute atomic E-state index is 0.0619. The van der Waals surface area contributed by atoms with Crippen molar-refractivity contribution in [3.63, 3.8) is 0 Å². The highest BCUT2D eigenvalue weighted by Gasteiger charge is 2.50. The van der Waals surface area contributed by atoms with E-state index in [1.54, 1.807) is 0 Å². The van der Waals surface area contributed by atoms with Crippen molar-refractivity contribution >= 4 is 11.8 Å². The van der Waals surface area contributed by atoms with Gasteiger partial charge in [0, 0.05) is 23.5 Å². The van der Waals surface area contributed by atoms with Crippen molar-refractivity contribution in [2.24, 2.45) is 11.7 Å². The molecule has 3 unspecified atom stereocenters. The predicted octanol–water partition coefficient (Wildman–Crippen LogP) is 2.04. The fourth-order valence-electron chi connectivity index (χ4n) is 3.19. The molecule has 0 amide bonds. The lowest BCUT2D eigenvalue weighted by Gasteiger charge is -2.36. The first-order chi connectivity index (χ1) is 7.82. The number of hydrogen-bond acceptors (Lipinski definition) is 4. The topological polar surface area (TPSA) is 44.5 Å². The molecule has 3 atom stereocenters. The Morgan fingerprint density at radius 3 is 2.47 bits per heavy atom. The zero-order valence-electron chi connectivity index (χ0n) is 11.4. The molecule has 0 radical (unpaired) electrons. The molecule has 0 spiro atoms. The van der Waals surface area contributed by atoms with Crippen LogP contribution < -0.4 is 5.73 Å². The standard InChI is InChI=1S/C13H25NO2S/c1-12(2)7-9(13(3,4)16-12)11(14)10-8-17-6-5-15-10/h9-11H,5-8,14H2,1-4H3. The Labute approximate surface area is 109 Å². The van der Waals surface area contributed by atoms with E-state index in [9.17, 15) is 0 Å². The van der Waals surface area contributed by atoms with Crippen LogP contribution in [0.3, 0.4) is 0 Å². The smallest absolute Gasteiger partial charge is 0.0820 e. The average Bonchev–Trinajstić information content (AvgIpc) is 2.47. The van der Waals surface area contributed by atoms with Crippen LogP contribution in [0.1, 0.15) is 34.1 Å². The van der Waals surface area contributed by atoms with Gasteiger partial charge < -0.3 is 15.2 Å². The molecule has 3 nitrogen and oxygen atoms in total. The summed E-state index contributed by atoms with van der Waals surface area (Å²) >= 11 is 1.94. The van der Waals surface area contributed by atoms with Gasteiger partial charge in [-0.2, -0.15) is 11.8 Å². The number of nitrogens with two attached hydrogens (primary N) is 1. The molecule has 0 aromatic heterocycles. The van der Waals surface area contributed by atoms with E-state index in [1.165, 1.54) is 0 Å². The van der Waals surface area contributed by atoms with Crippen LogP contribution >= 0.6 is 11.8 Å². The highest BCUT2D eigenvalue weighted by atomic mass is 32.2. The third kappa shape index (κ3) is 2.98. The molecule has 0 saturated carbocycles. The molecule has 2 N–H and O–H groups in total. The summed E-state index contributed by atoms with van der Waals surface area (Å²) < 4.78 is 11.9. The molecule has 2 aliphatic rings.